The van der Waals surface area contributed by atoms with Crippen LogP contribution in [0.2, 0.25) is 0 Å². The predicted octanol–water partition coefficient (Wildman–Crippen LogP) is 1.36. The molecule has 1 heterocycles. The quantitative estimate of drug-likeness (QED) is 0.764. The van der Waals surface area contributed by atoms with Gasteiger partial charge in [-0.25, -0.2) is 4.98 Å². The van der Waals surface area contributed by atoms with Crippen molar-refractivity contribution in [3.63, 3.8) is 0 Å². The van der Waals surface area contributed by atoms with Crippen LogP contribution in [0.25, 0.3) is 0 Å². The summed E-state index contributed by atoms with van der Waals surface area (Å²) in [5.41, 5.74) is 0.203. The first-order chi connectivity index (χ1) is 7.99. The molecule has 1 unspecified atom stereocenters. The highest BCUT2D eigenvalue weighted by atomic mass is 19.1. The van der Waals surface area contributed by atoms with Crippen LogP contribution in [0.4, 0.5) is 4.39 Å². The fourth-order valence-electron chi connectivity index (χ4n) is 1.48. The summed E-state index contributed by atoms with van der Waals surface area (Å²) in [7, 11) is 0. The molecule has 0 fully saturated rings. The summed E-state index contributed by atoms with van der Waals surface area (Å²) in [6.07, 6.45) is 1.27. The van der Waals surface area contributed by atoms with Crippen LogP contribution >= 0.6 is 0 Å². The average Bonchev–Trinajstić information content (AvgIpc) is 2.25. The zero-order chi connectivity index (χ0) is 12.8. The van der Waals surface area contributed by atoms with Gasteiger partial charge in [-0.1, -0.05) is 13.8 Å². The van der Waals surface area contributed by atoms with Gasteiger partial charge in [-0.15, -0.1) is 0 Å². The van der Waals surface area contributed by atoms with E-state index in [2.05, 4.69) is 10.3 Å². The minimum Gasteiger partial charge on any atom is -0.391 e. The Balaban J connectivity index is 2.45. The topological polar surface area (TPSA) is 62.2 Å². The van der Waals surface area contributed by atoms with Crippen molar-refractivity contribution in [2.24, 2.45) is 5.92 Å². The van der Waals surface area contributed by atoms with Crippen LogP contribution in [0.15, 0.2) is 18.3 Å². The number of aromatic nitrogens is 1. The summed E-state index contributed by atoms with van der Waals surface area (Å²) >= 11 is 0. The molecule has 0 saturated carbocycles. The Bertz CT molecular complexity index is 383. The molecule has 0 aliphatic rings. The van der Waals surface area contributed by atoms with Crippen molar-refractivity contribution in [1.29, 1.82) is 0 Å². The van der Waals surface area contributed by atoms with Crippen molar-refractivity contribution in [3.8, 4) is 0 Å². The molecular formula is C12H17FN2O2. The predicted molar refractivity (Wildman–Crippen MR) is 62.0 cm³/mol. The van der Waals surface area contributed by atoms with Gasteiger partial charge in [-0.2, -0.15) is 4.39 Å². The molecule has 1 rings (SSSR count). The van der Waals surface area contributed by atoms with E-state index < -0.39 is 18.0 Å². The van der Waals surface area contributed by atoms with E-state index >= 15 is 0 Å². The zero-order valence-electron chi connectivity index (χ0n) is 9.98. The van der Waals surface area contributed by atoms with E-state index in [1.165, 1.54) is 12.3 Å². The van der Waals surface area contributed by atoms with Crippen molar-refractivity contribution in [2.75, 3.05) is 6.54 Å². The lowest BCUT2D eigenvalue weighted by atomic mass is 10.1. The lowest BCUT2D eigenvalue weighted by Crippen LogP contribution is -2.32. The van der Waals surface area contributed by atoms with Gasteiger partial charge in [0, 0.05) is 24.4 Å². The van der Waals surface area contributed by atoms with Crippen molar-refractivity contribution in [2.45, 2.75) is 26.4 Å². The molecule has 0 bridgehead atoms. The van der Waals surface area contributed by atoms with Gasteiger partial charge in [0.05, 0.1) is 6.10 Å². The number of carbonyl (C=O) groups is 1. The van der Waals surface area contributed by atoms with E-state index in [9.17, 15) is 14.3 Å². The first-order valence-corrected chi connectivity index (χ1v) is 5.57. The Kier molecular flexibility index (Phi) is 5.03. The average molecular weight is 240 g/mol. The van der Waals surface area contributed by atoms with Gasteiger partial charge in [-0.3, -0.25) is 4.79 Å². The molecule has 17 heavy (non-hydrogen) atoms. The number of aliphatic hydroxyl groups excluding tert-OH is 1. The summed E-state index contributed by atoms with van der Waals surface area (Å²) in [5.74, 6) is -0.741. The maximum absolute atomic E-state index is 12.8. The summed E-state index contributed by atoms with van der Waals surface area (Å²) in [4.78, 5) is 14.9. The number of hydrogen-bond donors (Lipinski definition) is 2. The Morgan fingerprint density at radius 2 is 2.29 bits per heavy atom. The lowest BCUT2D eigenvalue weighted by Gasteiger charge is -2.13. The number of hydrogen-bond acceptors (Lipinski definition) is 3. The molecule has 94 valence electrons. The lowest BCUT2D eigenvalue weighted by molar-refractivity contribution is 0.0899. The van der Waals surface area contributed by atoms with Crippen LogP contribution < -0.4 is 5.32 Å². The van der Waals surface area contributed by atoms with Crippen LogP contribution in [-0.4, -0.2) is 28.6 Å². The standard InChI is InChI=1S/C12H17FN2O2/c1-8(2)5-10(16)7-15-12(17)9-3-4-14-11(13)6-9/h3-4,6,8,10,16H,5,7H2,1-2H3,(H,15,17). The monoisotopic (exact) mass is 240 g/mol. The minimum absolute atomic E-state index is 0.168. The number of pyridine rings is 1. The first-order valence-electron chi connectivity index (χ1n) is 5.57. The summed E-state index contributed by atoms with van der Waals surface area (Å²) in [6.45, 7) is 4.15. The van der Waals surface area contributed by atoms with E-state index in [-0.39, 0.29) is 12.1 Å². The molecule has 1 aromatic heterocycles. The van der Waals surface area contributed by atoms with Crippen LogP contribution in [0.3, 0.4) is 0 Å². The van der Waals surface area contributed by atoms with Gasteiger partial charge in [-0.05, 0) is 18.4 Å². The molecular weight excluding hydrogens is 223 g/mol. The number of halogens is 1. The molecule has 0 aromatic carbocycles. The van der Waals surface area contributed by atoms with Crippen molar-refractivity contribution in [3.05, 3.63) is 29.8 Å². The minimum atomic E-state index is -0.694. The Morgan fingerprint density at radius 1 is 1.59 bits per heavy atom. The molecule has 1 aromatic rings. The summed E-state index contributed by atoms with van der Waals surface area (Å²) in [6, 6.07) is 2.48. The van der Waals surface area contributed by atoms with Crippen molar-refractivity contribution >= 4 is 5.91 Å². The molecule has 4 nitrogen and oxygen atoms in total. The van der Waals surface area contributed by atoms with Crippen LogP contribution in [-0.2, 0) is 0 Å². The largest absolute Gasteiger partial charge is 0.391 e. The third-order valence-electron chi connectivity index (χ3n) is 2.23. The molecule has 0 aliphatic heterocycles. The normalized spacial score (nSPS) is 12.5. The highest BCUT2D eigenvalue weighted by Gasteiger charge is 2.10. The second-order valence-corrected chi connectivity index (χ2v) is 4.36. The number of nitrogens with one attached hydrogen (secondary N) is 1. The van der Waals surface area contributed by atoms with E-state index in [1.54, 1.807) is 0 Å². The van der Waals surface area contributed by atoms with Crippen LogP contribution in [0.1, 0.15) is 30.6 Å². The Hall–Kier alpha value is -1.49. The first kappa shape index (κ1) is 13.6. The zero-order valence-corrected chi connectivity index (χ0v) is 9.98. The smallest absolute Gasteiger partial charge is 0.251 e. The van der Waals surface area contributed by atoms with Gasteiger partial charge in [0.25, 0.3) is 5.91 Å². The van der Waals surface area contributed by atoms with Crippen molar-refractivity contribution in [1.82, 2.24) is 10.3 Å². The molecule has 0 aliphatic carbocycles. The molecule has 0 spiro atoms. The van der Waals surface area contributed by atoms with E-state index in [1.807, 2.05) is 13.8 Å². The third-order valence-corrected chi connectivity index (χ3v) is 2.23. The molecule has 0 saturated heterocycles. The highest BCUT2D eigenvalue weighted by Crippen LogP contribution is 2.04. The van der Waals surface area contributed by atoms with Crippen LogP contribution in [0.5, 0.6) is 0 Å². The van der Waals surface area contributed by atoms with Gasteiger partial charge in [0.2, 0.25) is 5.95 Å². The number of nitrogens with zero attached hydrogens (tertiary/aromatic N) is 1. The third kappa shape index (κ3) is 4.91. The maximum atomic E-state index is 12.8. The molecule has 2 N–H and O–H groups in total. The number of amides is 1. The van der Waals surface area contributed by atoms with E-state index in [0.717, 1.165) is 6.07 Å². The maximum Gasteiger partial charge on any atom is 0.251 e. The fourth-order valence-corrected chi connectivity index (χ4v) is 1.48. The summed E-state index contributed by atoms with van der Waals surface area (Å²) < 4.78 is 12.8. The molecule has 5 heteroatoms. The Labute approximate surface area is 99.9 Å². The van der Waals surface area contributed by atoms with Crippen molar-refractivity contribution < 1.29 is 14.3 Å². The molecule has 0 radical (unpaired) electrons. The number of aliphatic hydroxyl groups is 1. The molecule has 1 amide bonds. The van der Waals surface area contributed by atoms with Gasteiger partial charge in [0.1, 0.15) is 0 Å². The highest BCUT2D eigenvalue weighted by molar-refractivity contribution is 5.93. The second kappa shape index (κ2) is 6.30. The van der Waals surface area contributed by atoms with Gasteiger partial charge < -0.3 is 10.4 Å². The SMILES string of the molecule is CC(C)CC(O)CNC(=O)c1ccnc(F)c1. The van der Waals surface area contributed by atoms with E-state index in [4.69, 9.17) is 0 Å². The second-order valence-electron chi connectivity index (χ2n) is 4.36. The Morgan fingerprint density at radius 3 is 2.88 bits per heavy atom. The summed E-state index contributed by atoms with van der Waals surface area (Å²) in [5, 5.41) is 12.1. The van der Waals surface area contributed by atoms with Gasteiger partial charge in [0.15, 0.2) is 0 Å². The van der Waals surface area contributed by atoms with Crippen LogP contribution in [0, 0.1) is 11.9 Å². The number of carbonyl (C=O) groups excluding carboxylic acids is 1. The number of rotatable bonds is 5. The van der Waals surface area contributed by atoms with E-state index in [0.29, 0.717) is 12.3 Å². The van der Waals surface area contributed by atoms with Gasteiger partial charge >= 0.3 is 0 Å². The fraction of sp³-hybridized carbons (Fsp3) is 0.500. The molecule has 1 atom stereocenters.